The van der Waals surface area contributed by atoms with E-state index in [1.165, 1.54) is 12.0 Å². The molecule has 1 radical (unpaired) electrons. The number of hydrogen-bond donors (Lipinski definition) is 0. The molecule has 1 amide bonds. The van der Waals surface area contributed by atoms with E-state index in [1.807, 2.05) is 6.42 Å². The number of halogens is 7. The van der Waals surface area contributed by atoms with E-state index in [1.54, 1.807) is 0 Å². The molecule has 5 nitrogen and oxygen atoms in total. The first kappa shape index (κ1) is 30.3. The Morgan fingerprint density at radius 2 is 1.52 bits per heavy atom. The van der Waals surface area contributed by atoms with Crippen molar-refractivity contribution in [3.8, 4) is 0 Å². The molecule has 0 bridgehead atoms. The molecule has 2 fully saturated rings. The van der Waals surface area contributed by atoms with Crippen LogP contribution in [0.2, 0.25) is 0 Å². The van der Waals surface area contributed by atoms with Gasteiger partial charge in [0, 0.05) is 25.8 Å². The van der Waals surface area contributed by atoms with Gasteiger partial charge in [0.25, 0.3) is 18.0 Å². The number of rotatable bonds is 7. The van der Waals surface area contributed by atoms with Crippen LogP contribution in [0, 0.1) is 12.2 Å². The van der Waals surface area contributed by atoms with E-state index in [2.05, 4.69) is 0 Å². The van der Waals surface area contributed by atoms with Crippen molar-refractivity contribution in [3.63, 3.8) is 0 Å². The van der Waals surface area contributed by atoms with Gasteiger partial charge in [-0.2, -0.15) is 13.2 Å². The second-order valence-electron chi connectivity index (χ2n) is 10.1. The maximum Gasteiger partial charge on any atom is 0.432 e. The Kier molecular flexibility index (Phi) is 8.05. The van der Waals surface area contributed by atoms with Crippen LogP contribution >= 0.6 is 0 Å². The van der Waals surface area contributed by atoms with Gasteiger partial charge in [0.05, 0.1) is 4.90 Å². The fraction of sp³-hybridized carbons (Fsp3) is 0.481. The number of nitrogens with zero attached hydrogens (tertiary/aromatic N) is 1. The molecule has 13 heteroatoms. The molecule has 0 unspecified atom stereocenters. The minimum Gasteiger partial charge on any atom is -0.368 e. The molecular weight excluding hydrogens is 567 g/mol. The van der Waals surface area contributed by atoms with Gasteiger partial charge >= 0.3 is 6.18 Å². The predicted molar refractivity (Wildman–Crippen MR) is 130 cm³/mol. The zero-order chi connectivity index (χ0) is 29.6. The van der Waals surface area contributed by atoms with Gasteiger partial charge in [-0.25, -0.2) is 26.0 Å². The highest BCUT2D eigenvalue weighted by molar-refractivity contribution is 7.92. The molecule has 2 aromatic carbocycles. The Labute approximate surface area is 227 Å². The Bertz CT molecular complexity index is 1330. The summed E-state index contributed by atoms with van der Waals surface area (Å²) in [5.74, 6) is -1.16. The average molecular weight is 595 g/mol. The summed E-state index contributed by atoms with van der Waals surface area (Å²) in [6.07, 6.45) is -6.65. The van der Waals surface area contributed by atoms with Gasteiger partial charge in [0.2, 0.25) is 0 Å². The van der Waals surface area contributed by atoms with Crippen molar-refractivity contribution >= 4 is 15.7 Å². The molecule has 1 saturated carbocycles. The van der Waals surface area contributed by atoms with Gasteiger partial charge in [-0.15, -0.1) is 0 Å². The van der Waals surface area contributed by atoms with E-state index >= 15 is 0 Å². The minimum atomic E-state index is -5.94. The largest absolute Gasteiger partial charge is 0.432 e. The highest BCUT2D eigenvalue weighted by atomic mass is 32.2. The van der Waals surface area contributed by atoms with Crippen LogP contribution in [0.1, 0.15) is 43.2 Å². The van der Waals surface area contributed by atoms with E-state index in [-0.39, 0.29) is 23.4 Å². The maximum atomic E-state index is 14.7. The molecular formula is C27H27F7NO4S. The zero-order valence-corrected chi connectivity index (χ0v) is 22.2. The lowest BCUT2D eigenvalue weighted by Crippen LogP contribution is -2.52. The second kappa shape index (κ2) is 10.6. The molecule has 40 heavy (non-hydrogen) atoms. The first-order valence-corrected chi connectivity index (χ1v) is 13.9. The Morgan fingerprint density at radius 1 is 0.950 bits per heavy atom. The minimum absolute atomic E-state index is 0.0670. The first-order valence-electron chi connectivity index (χ1n) is 12.5. The van der Waals surface area contributed by atoms with Crippen molar-refractivity contribution in [3.05, 3.63) is 71.9 Å². The third-order valence-electron chi connectivity index (χ3n) is 7.99. The van der Waals surface area contributed by atoms with Crippen LogP contribution in [0.4, 0.5) is 30.7 Å². The molecule has 2 aliphatic rings. The normalized spacial score (nSPS) is 23.3. The van der Waals surface area contributed by atoms with Gasteiger partial charge < -0.3 is 9.64 Å². The van der Waals surface area contributed by atoms with Crippen LogP contribution in [0.25, 0.3) is 0 Å². The topological polar surface area (TPSA) is 63.7 Å². The quantitative estimate of drug-likeness (QED) is 0.297. The van der Waals surface area contributed by atoms with Crippen molar-refractivity contribution in [2.75, 3.05) is 20.2 Å². The lowest BCUT2D eigenvalue weighted by atomic mass is 9.83. The van der Waals surface area contributed by atoms with Crippen molar-refractivity contribution in [2.24, 2.45) is 0 Å². The Morgan fingerprint density at radius 3 is 2.02 bits per heavy atom. The molecule has 0 aromatic heterocycles. The molecule has 0 spiro atoms. The van der Waals surface area contributed by atoms with Gasteiger partial charge in [0.1, 0.15) is 16.2 Å². The molecule has 1 saturated heterocycles. The molecule has 1 aliphatic carbocycles. The van der Waals surface area contributed by atoms with Gasteiger partial charge in [0.15, 0.2) is 9.84 Å². The van der Waals surface area contributed by atoms with E-state index in [4.69, 9.17) is 4.74 Å². The van der Waals surface area contributed by atoms with Crippen molar-refractivity contribution in [1.29, 1.82) is 0 Å². The Balaban J connectivity index is 1.81. The number of carbonyl (C=O) groups excluding carboxylic acids is 1. The van der Waals surface area contributed by atoms with Crippen LogP contribution in [-0.2, 0) is 29.8 Å². The lowest BCUT2D eigenvalue weighted by Gasteiger charge is -2.38. The lowest BCUT2D eigenvalue weighted by molar-refractivity contribution is -0.274. The summed E-state index contributed by atoms with van der Waals surface area (Å²) in [7, 11) is -3.08. The van der Waals surface area contributed by atoms with Gasteiger partial charge in [-0.3, -0.25) is 4.79 Å². The summed E-state index contributed by atoms with van der Waals surface area (Å²) in [4.78, 5) is 14.6. The fourth-order valence-electron chi connectivity index (χ4n) is 5.57. The summed E-state index contributed by atoms with van der Waals surface area (Å²) in [5, 5.41) is 0. The number of carbonyl (C=O) groups is 1. The van der Waals surface area contributed by atoms with Crippen molar-refractivity contribution in [1.82, 2.24) is 4.90 Å². The highest BCUT2D eigenvalue weighted by Crippen LogP contribution is 2.49. The summed E-state index contributed by atoms with van der Waals surface area (Å²) in [5.41, 5.74) is -7.69. The first-order chi connectivity index (χ1) is 18.6. The molecule has 4 rings (SSSR count). The second-order valence-corrected chi connectivity index (χ2v) is 12.3. The van der Waals surface area contributed by atoms with E-state index in [9.17, 15) is 43.9 Å². The molecule has 219 valence electrons. The number of alkyl halides is 6. The average Bonchev–Trinajstić information content (AvgIpc) is 3.39. The SMILES string of the molecule is COC1(C(=O)N2CC[C@](c3ccc([C@@](F)(C(F)F)C(F)(F)F)cc3)(S(=O)(=O)c3ccc(F)cc3)C2)CC[CH]CC1. The molecule has 2 atom stereocenters. The highest BCUT2D eigenvalue weighted by Gasteiger charge is 2.64. The van der Waals surface area contributed by atoms with Crippen molar-refractivity contribution in [2.45, 2.75) is 65.6 Å². The number of likely N-dealkylation sites (tertiary alicyclic amines) is 1. The maximum absolute atomic E-state index is 14.7. The fourth-order valence-corrected chi connectivity index (χ4v) is 7.65. The van der Waals surface area contributed by atoms with E-state index in [0.29, 0.717) is 37.8 Å². The predicted octanol–water partition coefficient (Wildman–Crippen LogP) is 5.88. The third kappa shape index (κ3) is 4.78. The monoisotopic (exact) mass is 594 g/mol. The number of hydrogen-bond acceptors (Lipinski definition) is 4. The summed E-state index contributed by atoms with van der Waals surface area (Å²) >= 11 is 0. The number of ether oxygens (including phenoxy) is 1. The number of sulfone groups is 1. The van der Waals surface area contributed by atoms with Crippen LogP contribution in [0.5, 0.6) is 0 Å². The molecule has 2 aromatic rings. The Hall–Kier alpha value is -2.67. The van der Waals surface area contributed by atoms with E-state index < -0.39 is 62.3 Å². The van der Waals surface area contributed by atoms with Crippen LogP contribution < -0.4 is 0 Å². The number of amides is 1. The summed E-state index contributed by atoms with van der Waals surface area (Å²) in [6, 6.07) is 6.55. The van der Waals surface area contributed by atoms with Crippen LogP contribution in [0.3, 0.4) is 0 Å². The molecule has 1 aliphatic heterocycles. The van der Waals surface area contributed by atoms with Crippen molar-refractivity contribution < 1.29 is 48.7 Å². The summed E-state index contributed by atoms with van der Waals surface area (Å²) in [6.45, 7) is -0.503. The number of methoxy groups -OCH3 is 1. The smallest absolute Gasteiger partial charge is 0.368 e. The van der Waals surface area contributed by atoms with Gasteiger partial charge in [-0.05, 0) is 68.4 Å². The van der Waals surface area contributed by atoms with E-state index in [0.717, 1.165) is 36.4 Å². The summed E-state index contributed by atoms with van der Waals surface area (Å²) < 4.78 is 126. The molecule has 0 N–H and O–H groups in total. The van der Waals surface area contributed by atoms with Crippen LogP contribution in [0.15, 0.2) is 53.4 Å². The zero-order valence-electron chi connectivity index (χ0n) is 21.4. The van der Waals surface area contributed by atoms with Crippen LogP contribution in [-0.4, -0.2) is 57.6 Å². The standard InChI is InChI=1S/C27H27F7NO4S/c1-39-24(13-3-2-4-14-24)23(36)35-16-15-25(17-35,40(37,38)21-11-9-20(28)10-12-21)18-5-7-19(8-6-18)26(31,22(29)30)27(32,33)34/h2,5-12,22H,3-4,13-17H2,1H3/t25-,26+/m0/s1. The third-order valence-corrected chi connectivity index (χ3v) is 10.5. The van der Waals surface area contributed by atoms with Gasteiger partial charge in [-0.1, -0.05) is 24.3 Å². The number of benzene rings is 2. The molecule has 1 heterocycles.